The van der Waals surface area contributed by atoms with E-state index in [2.05, 4.69) is 0 Å². The molecule has 0 N–H and O–H groups in total. The zero-order valence-electron chi connectivity index (χ0n) is 10.9. The van der Waals surface area contributed by atoms with Gasteiger partial charge in [-0.2, -0.15) is 0 Å². The fourth-order valence-electron chi connectivity index (χ4n) is 2.97. The fourth-order valence-corrected chi connectivity index (χ4v) is 2.97. The standard InChI is InChI=1S/C13H20O5/c1-3-16-11(14)13(12(15)17-4-2)8-9-6-5-7-18-10(9)13/h9-10H,3-8H2,1-2H3. The van der Waals surface area contributed by atoms with Crippen molar-refractivity contribution in [1.29, 1.82) is 0 Å². The summed E-state index contributed by atoms with van der Waals surface area (Å²) < 4.78 is 15.7. The van der Waals surface area contributed by atoms with Crippen molar-refractivity contribution in [1.82, 2.24) is 0 Å². The molecule has 2 aliphatic rings. The summed E-state index contributed by atoms with van der Waals surface area (Å²) in [5, 5.41) is 0. The third-order valence-corrected chi connectivity index (χ3v) is 3.79. The van der Waals surface area contributed by atoms with Crippen LogP contribution in [0.1, 0.15) is 33.1 Å². The van der Waals surface area contributed by atoms with Gasteiger partial charge in [-0.3, -0.25) is 9.59 Å². The maximum absolute atomic E-state index is 12.1. The molecule has 1 aliphatic carbocycles. The Bertz CT molecular complexity index is 320. The highest BCUT2D eigenvalue weighted by atomic mass is 16.6. The molecule has 102 valence electrons. The SMILES string of the molecule is CCOC(=O)C1(C(=O)OCC)CC2CCCOC21. The van der Waals surface area contributed by atoms with Crippen molar-refractivity contribution in [3.05, 3.63) is 0 Å². The molecule has 0 amide bonds. The Balaban J connectivity index is 2.18. The summed E-state index contributed by atoms with van der Waals surface area (Å²) in [6.07, 6.45) is 2.13. The van der Waals surface area contributed by atoms with Gasteiger partial charge in [0.1, 0.15) is 0 Å². The van der Waals surface area contributed by atoms with Gasteiger partial charge in [-0.15, -0.1) is 0 Å². The Morgan fingerprint density at radius 2 is 1.83 bits per heavy atom. The molecule has 18 heavy (non-hydrogen) atoms. The van der Waals surface area contributed by atoms with Gasteiger partial charge in [0.05, 0.1) is 19.3 Å². The average Bonchev–Trinajstić information content (AvgIpc) is 2.32. The van der Waals surface area contributed by atoms with E-state index in [9.17, 15) is 9.59 Å². The zero-order valence-corrected chi connectivity index (χ0v) is 10.9. The van der Waals surface area contributed by atoms with Gasteiger partial charge in [-0.05, 0) is 39.0 Å². The number of hydrogen-bond acceptors (Lipinski definition) is 5. The summed E-state index contributed by atoms with van der Waals surface area (Å²) >= 11 is 0. The number of fused-ring (bicyclic) bond motifs is 1. The van der Waals surface area contributed by atoms with Crippen LogP contribution in [-0.2, 0) is 23.8 Å². The number of carbonyl (C=O) groups excluding carboxylic acids is 2. The van der Waals surface area contributed by atoms with Crippen molar-refractivity contribution in [3.8, 4) is 0 Å². The van der Waals surface area contributed by atoms with Crippen LogP contribution in [0, 0.1) is 11.3 Å². The number of ether oxygens (including phenoxy) is 3. The predicted molar refractivity (Wildman–Crippen MR) is 62.8 cm³/mol. The smallest absolute Gasteiger partial charge is 0.326 e. The first-order chi connectivity index (χ1) is 8.66. The van der Waals surface area contributed by atoms with Crippen LogP contribution in [0.25, 0.3) is 0 Å². The van der Waals surface area contributed by atoms with E-state index in [1.807, 2.05) is 0 Å². The van der Waals surface area contributed by atoms with E-state index in [4.69, 9.17) is 14.2 Å². The number of esters is 2. The molecular weight excluding hydrogens is 236 g/mol. The minimum atomic E-state index is -1.21. The van der Waals surface area contributed by atoms with Crippen molar-refractivity contribution in [2.75, 3.05) is 19.8 Å². The van der Waals surface area contributed by atoms with E-state index >= 15 is 0 Å². The molecule has 5 nitrogen and oxygen atoms in total. The molecule has 0 aromatic rings. The summed E-state index contributed by atoms with van der Waals surface area (Å²) in [5.41, 5.74) is -1.21. The van der Waals surface area contributed by atoms with E-state index in [-0.39, 0.29) is 25.2 Å². The molecule has 2 atom stereocenters. The minimum Gasteiger partial charge on any atom is -0.465 e. The summed E-state index contributed by atoms with van der Waals surface area (Å²) in [7, 11) is 0. The van der Waals surface area contributed by atoms with Crippen molar-refractivity contribution in [3.63, 3.8) is 0 Å². The molecule has 1 heterocycles. The molecule has 1 saturated heterocycles. The summed E-state index contributed by atoms with van der Waals surface area (Å²) in [6, 6.07) is 0. The molecule has 2 fully saturated rings. The lowest BCUT2D eigenvalue weighted by Gasteiger charge is -2.52. The Kier molecular flexibility index (Phi) is 3.90. The molecule has 0 aromatic heterocycles. The van der Waals surface area contributed by atoms with Gasteiger partial charge in [0, 0.05) is 6.61 Å². The third kappa shape index (κ3) is 1.90. The van der Waals surface area contributed by atoms with Gasteiger partial charge >= 0.3 is 11.9 Å². The van der Waals surface area contributed by atoms with Gasteiger partial charge in [-0.25, -0.2) is 0 Å². The van der Waals surface area contributed by atoms with Crippen LogP contribution in [0.2, 0.25) is 0 Å². The van der Waals surface area contributed by atoms with Crippen LogP contribution in [-0.4, -0.2) is 37.9 Å². The third-order valence-electron chi connectivity index (χ3n) is 3.79. The second-order valence-corrected chi connectivity index (χ2v) is 4.81. The van der Waals surface area contributed by atoms with Gasteiger partial charge in [-0.1, -0.05) is 0 Å². The zero-order chi connectivity index (χ0) is 13.2. The summed E-state index contributed by atoms with van der Waals surface area (Å²) in [6.45, 7) is 4.58. The summed E-state index contributed by atoms with van der Waals surface area (Å²) in [5.74, 6) is -0.703. The molecular formula is C13H20O5. The molecule has 2 rings (SSSR count). The second kappa shape index (κ2) is 5.26. The van der Waals surface area contributed by atoms with E-state index in [1.54, 1.807) is 13.8 Å². The van der Waals surface area contributed by atoms with Crippen LogP contribution < -0.4 is 0 Å². The van der Waals surface area contributed by atoms with E-state index in [0.29, 0.717) is 13.0 Å². The molecule has 5 heteroatoms. The predicted octanol–water partition coefficient (Wildman–Crippen LogP) is 1.30. The van der Waals surface area contributed by atoms with Crippen molar-refractivity contribution in [2.45, 2.75) is 39.2 Å². The normalized spacial score (nSPS) is 28.8. The molecule has 1 saturated carbocycles. The van der Waals surface area contributed by atoms with Crippen LogP contribution >= 0.6 is 0 Å². The molecule has 0 spiro atoms. The van der Waals surface area contributed by atoms with E-state index < -0.39 is 17.4 Å². The molecule has 1 aliphatic heterocycles. The monoisotopic (exact) mass is 256 g/mol. The van der Waals surface area contributed by atoms with Crippen LogP contribution in [0.4, 0.5) is 0 Å². The number of carbonyl (C=O) groups is 2. The Hall–Kier alpha value is -1.10. The maximum atomic E-state index is 12.1. The number of rotatable bonds is 4. The van der Waals surface area contributed by atoms with Crippen LogP contribution in [0.3, 0.4) is 0 Å². The van der Waals surface area contributed by atoms with E-state index in [0.717, 1.165) is 12.8 Å². The van der Waals surface area contributed by atoms with Crippen molar-refractivity contribution in [2.24, 2.45) is 11.3 Å². The van der Waals surface area contributed by atoms with Gasteiger partial charge < -0.3 is 14.2 Å². The fraction of sp³-hybridized carbons (Fsp3) is 0.846. The number of hydrogen-bond donors (Lipinski definition) is 0. The maximum Gasteiger partial charge on any atom is 0.326 e. The first kappa shape index (κ1) is 13.3. The lowest BCUT2D eigenvalue weighted by atomic mass is 9.57. The second-order valence-electron chi connectivity index (χ2n) is 4.81. The van der Waals surface area contributed by atoms with Gasteiger partial charge in [0.15, 0.2) is 5.41 Å². The largest absolute Gasteiger partial charge is 0.465 e. The van der Waals surface area contributed by atoms with Crippen molar-refractivity contribution >= 4 is 11.9 Å². The Morgan fingerprint density at radius 3 is 2.33 bits per heavy atom. The molecule has 0 radical (unpaired) electrons. The Morgan fingerprint density at radius 1 is 1.22 bits per heavy atom. The highest BCUT2D eigenvalue weighted by Gasteiger charge is 2.67. The molecule has 0 bridgehead atoms. The van der Waals surface area contributed by atoms with Gasteiger partial charge in [0.25, 0.3) is 0 Å². The minimum absolute atomic E-state index is 0.261. The first-order valence-corrected chi connectivity index (χ1v) is 6.62. The van der Waals surface area contributed by atoms with E-state index in [1.165, 1.54) is 0 Å². The topological polar surface area (TPSA) is 61.8 Å². The van der Waals surface area contributed by atoms with Crippen LogP contribution in [0.5, 0.6) is 0 Å². The van der Waals surface area contributed by atoms with Crippen LogP contribution in [0.15, 0.2) is 0 Å². The highest BCUT2D eigenvalue weighted by Crippen LogP contribution is 2.53. The Labute approximate surface area is 107 Å². The summed E-state index contributed by atoms with van der Waals surface area (Å²) in [4.78, 5) is 24.2. The van der Waals surface area contributed by atoms with Crippen molar-refractivity contribution < 1.29 is 23.8 Å². The van der Waals surface area contributed by atoms with Gasteiger partial charge in [0.2, 0.25) is 0 Å². The lowest BCUT2D eigenvalue weighted by Crippen LogP contribution is -2.64. The molecule has 0 aromatic carbocycles. The average molecular weight is 256 g/mol. The molecule has 2 unspecified atom stereocenters. The highest BCUT2D eigenvalue weighted by molar-refractivity contribution is 6.02. The lowest BCUT2D eigenvalue weighted by molar-refractivity contribution is -0.222. The first-order valence-electron chi connectivity index (χ1n) is 6.62. The quantitative estimate of drug-likeness (QED) is 0.560.